The minimum atomic E-state index is -0.437. The number of nitrogens with one attached hydrogen (secondary N) is 1. The lowest BCUT2D eigenvalue weighted by Gasteiger charge is -2.05. The fraction of sp³-hybridized carbons (Fsp3) is 0. The van der Waals surface area contributed by atoms with Crippen molar-refractivity contribution in [3.8, 4) is 11.6 Å². The number of ether oxygens (including phenoxy) is 1. The molecule has 0 fully saturated rings. The lowest BCUT2D eigenvalue weighted by molar-refractivity contribution is 0.461. The van der Waals surface area contributed by atoms with Gasteiger partial charge in [-0.3, -0.25) is 9.78 Å². The number of pyridine rings is 1. The minimum Gasteiger partial charge on any atom is -0.435 e. The van der Waals surface area contributed by atoms with Crippen molar-refractivity contribution in [3.63, 3.8) is 0 Å². The number of nitrogens with two attached hydrogens (primary N) is 1. The van der Waals surface area contributed by atoms with Crippen LogP contribution in [0.3, 0.4) is 0 Å². The van der Waals surface area contributed by atoms with Gasteiger partial charge in [-0.05, 0) is 22.0 Å². The fourth-order valence-corrected chi connectivity index (χ4v) is 1.38. The van der Waals surface area contributed by atoms with Crippen LogP contribution in [-0.2, 0) is 0 Å². The van der Waals surface area contributed by atoms with Gasteiger partial charge < -0.3 is 15.5 Å². The first-order chi connectivity index (χ1) is 7.66. The van der Waals surface area contributed by atoms with E-state index in [2.05, 4.69) is 30.9 Å². The summed E-state index contributed by atoms with van der Waals surface area (Å²) in [5.41, 5.74) is 5.00. The second kappa shape index (κ2) is 4.31. The highest BCUT2D eigenvalue weighted by atomic mass is 79.9. The molecule has 2 aromatic rings. The van der Waals surface area contributed by atoms with E-state index in [1.54, 1.807) is 12.3 Å². The molecule has 16 heavy (non-hydrogen) atoms. The summed E-state index contributed by atoms with van der Waals surface area (Å²) < 4.78 is 6.08. The summed E-state index contributed by atoms with van der Waals surface area (Å²) in [6.45, 7) is 0. The Labute approximate surface area is 98.6 Å². The SMILES string of the molecule is Nc1c(Oc2cncc(Br)c2)nc[nH]c1=O. The van der Waals surface area contributed by atoms with E-state index in [0.29, 0.717) is 5.75 Å². The first-order valence-corrected chi connectivity index (χ1v) is 5.07. The molecule has 7 heteroatoms. The third-order valence-electron chi connectivity index (χ3n) is 1.75. The van der Waals surface area contributed by atoms with Crippen molar-refractivity contribution in [2.45, 2.75) is 0 Å². The molecule has 82 valence electrons. The Morgan fingerprint density at radius 3 is 3.00 bits per heavy atom. The molecule has 0 saturated heterocycles. The number of H-pyrrole nitrogens is 1. The van der Waals surface area contributed by atoms with Crippen molar-refractivity contribution >= 4 is 21.6 Å². The van der Waals surface area contributed by atoms with Crippen LogP contribution in [0.1, 0.15) is 0 Å². The Morgan fingerprint density at radius 1 is 1.44 bits per heavy atom. The van der Waals surface area contributed by atoms with Crippen molar-refractivity contribution in [2.24, 2.45) is 0 Å². The number of aromatic amines is 1. The number of halogens is 1. The van der Waals surface area contributed by atoms with Crippen LogP contribution < -0.4 is 16.0 Å². The molecule has 0 unspecified atom stereocenters. The monoisotopic (exact) mass is 282 g/mol. The maximum Gasteiger partial charge on any atom is 0.277 e. The van der Waals surface area contributed by atoms with E-state index in [1.165, 1.54) is 12.5 Å². The second-order valence-electron chi connectivity index (χ2n) is 2.89. The Kier molecular flexibility index (Phi) is 2.86. The molecule has 0 aliphatic heterocycles. The first kappa shape index (κ1) is 10.6. The summed E-state index contributed by atoms with van der Waals surface area (Å²) in [7, 11) is 0. The summed E-state index contributed by atoms with van der Waals surface area (Å²) in [6, 6.07) is 1.69. The number of anilines is 1. The quantitative estimate of drug-likeness (QED) is 0.866. The summed E-state index contributed by atoms with van der Waals surface area (Å²) in [5.74, 6) is 0.503. The number of nitrogens with zero attached hydrogens (tertiary/aromatic N) is 2. The first-order valence-electron chi connectivity index (χ1n) is 4.28. The van der Waals surface area contributed by atoms with Gasteiger partial charge in [0.05, 0.1) is 12.5 Å². The molecule has 0 radical (unpaired) electrons. The number of hydrogen-bond acceptors (Lipinski definition) is 5. The van der Waals surface area contributed by atoms with Crippen molar-refractivity contribution < 1.29 is 4.74 Å². The van der Waals surface area contributed by atoms with Crippen molar-refractivity contribution in [2.75, 3.05) is 5.73 Å². The van der Waals surface area contributed by atoms with Gasteiger partial charge in [-0.2, -0.15) is 0 Å². The predicted octanol–water partition coefficient (Wildman–Crippen LogP) is 1.30. The molecule has 0 aromatic carbocycles. The summed E-state index contributed by atoms with van der Waals surface area (Å²) in [4.78, 5) is 21.2. The molecule has 0 atom stereocenters. The minimum absolute atomic E-state index is 0.0589. The Hall–Kier alpha value is -1.89. The fourth-order valence-electron chi connectivity index (χ4n) is 1.04. The highest BCUT2D eigenvalue weighted by molar-refractivity contribution is 9.10. The molecule has 2 heterocycles. The highest BCUT2D eigenvalue weighted by Gasteiger charge is 2.07. The van der Waals surface area contributed by atoms with Crippen molar-refractivity contribution in [1.82, 2.24) is 15.0 Å². The van der Waals surface area contributed by atoms with E-state index in [4.69, 9.17) is 10.5 Å². The number of hydrogen-bond donors (Lipinski definition) is 2. The van der Waals surface area contributed by atoms with Gasteiger partial charge >= 0.3 is 0 Å². The third-order valence-corrected chi connectivity index (χ3v) is 2.18. The third kappa shape index (κ3) is 2.19. The maximum absolute atomic E-state index is 11.2. The normalized spacial score (nSPS) is 10.1. The van der Waals surface area contributed by atoms with Crippen LogP contribution in [0.25, 0.3) is 0 Å². The van der Waals surface area contributed by atoms with Gasteiger partial charge in [-0.25, -0.2) is 4.98 Å². The maximum atomic E-state index is 11.2. The number of nitrogen functional groups attached to an aromatic ring is 1. The molecular formula is C9H7BrN4O2. The zero-order chi connectivity index (χ0) is 11.5. The zero-order valence-corrected chi connectivity index (χ0v) is 9.56. The van der Waals surface area contributed by atoms with E-state index >= 15 is 0 Å². The van der Waals surface area contributed by atoms with E-state index in [0.717, 1.165) is 4.47 Å². The van der Waals surface area contributed by atoms with Gasteiger partial charge in [0.25, 0.3) is 5.56 Å². The predicted molar refractivity (Wildman–Crippen MR) is 61.3 cm³/mol. The van der Waals surface area contributed by atoms with Gasteiger partial charge in [0, 0.05) is 10.7 Å². The van der Waals surface area contributed by atoms with E-state index in [1.807, 2.05) is 0 Å². The van der Waals surface area contributed by atoms with Crippen LogP contribution in [0.15, 0.2) is 34.1 Å². The smallest absolute Gasteiger partial charge is 0.277 e. The van der Waals surface area contributed by atoms with E-state index in [-0.39, 0.29) is 11.6 Å². The highest BCUT2D eigenvalue weighted by Crippen LogP contribution is 2.23. The standard InChI is InChI=1S/C9H7BrN4O2/c10-5-1-6(3-12-2-5)16-9-7(11)8(15)13-4-14-9/h1-4H,11H2,(H,13,14,15). The van der Waals surface area contributed by atoms with Crippen LogP contribution in [0.2, 0.25) is 0 Å². The Balaban J connectivity index is 2.34. The molecule has 6 nitrogen and oxygen atoms in total. The van der Waals surface area contributed by atoms with Crippen LogP contribution >= 0.6 is 15.9 Å². The van der Waals surface area contributed by atoms with E-state index < -0.39 is 5.56 Å². The van der Waals surface area contributed by atoms with Crippen molar-refractivity contribution in [3.05, 3.63) is 39.6 Å². The molecule has 0 spiro atoms. The zero-order valence-electron chi connectivity index (χ0n) is 7.98. The molecule has 3 N–H and O–H groups in total. The molecular weight excluding hydrogens is 276 g/mol. The summed E-state index contributed by atoms with van der Waals surface area (Å²) in [5, 5.41) is 0. The van der Waals surface area contributed by atoms with Gasteiger partial charge in [0.1, 0.15) is 5.75 Å². The Morgan fingerprint density at radius 2 is 2.25 bits per heavy atom. The lowest BCUT2D eigenvalue weighted by Crippen LogP contribution is -2.13. The average Bonchev–Trinajstić information content (AvgIpc) is 2.25. The second-order valence-corrected chi connectivity index (χ2v) is 3.81. The summed E-state index contributed by atoms with van der Waals surface area (Å²) in [6.07, 6.45) is 4.33. The number of aromatic nitrogens is 3. The van der Waals surface area contributed by atoms with Gasteiger partial charge in [0.2, 0.25) is 5.88 Å². The topological polar surface area (TPSA) is 93.9 Å². The summed E-state index contributed by atoms with van der Waals surface area (Å²) >= 11 is 3.25. The van der Waals surface area contributed by atoms with Crippen LogP contribution in [-0.4, -0.2) is 15.0 Å². The number of rotatable bonds is 2. The van der Waals surface area contributed by atoms with E-state index in [9.17, 15) is 4.79 Å². The molecule has 0 saturated carbocycles. The van der Waals surface area contributed by atoms with Crippen LogP contribution in [0.5, 0.6) is 11.6 Å². The molecule has 0 amide bonds. The molecule has 0 aliphatic carbocycles. The van der Waals surface area contributed by atoms with Crippen LogP contribution in [0.4, 0.5) is 5.69 Å². The van der Waals surface area contributed by atoms with Gasteiger partial charge in [-0.15, -0.1) is 0 Å². The molecule has 2 rings (SSSR count). The van der Waals surface area contributed by atoms with Gasteiger partial charge in [-0.1, -0.05) is 0 Å². The van der Waals surface area contributed by atoms with Crippen LogP contribution in [0, 0.1) is 0 Å². The lowest BCUT2D eigenvalue weighted by atomic mass is 10.4. The Bertz CT molecular complexity index is 569. The molecule has 0 aliphatic rings. The van der Waals surface area contributed by atoms with Gasteiger partial charge in [0.15, 0.2) is 5.69 Å². The molecule has 0 bridgehead atoms. The molecule has 2 aromatic heterocycles. The average molecular weight is 283 g/mol. The van der Waals surface area contributed by atoms with Crippen molar-refractivity contribution in [1.29, 1.82) is 0 Å². The largest absolute Gasteiger partial charge is 0.435 e.